The number of hydrogen-bond acceptors (Lipinski definition) is 5. The van der Waals surface area contributed by atoms with Gasteiger partial charge in [-0.1, -0.05) is 12.1 Å². The van der Waals surface area contributed by atoms with E-state index in [0.717, 1.165) is 0 Å². The number of carbonyl (C=O) groups excluding carboxylic acids is 2. The van der Waals surface area contributed by atoms with Gasteiger partial charge in [-0.15, -0.1) is 0 Å². The fourth-order valence-corrected chi connectivity index (χ4v) is 2.65. The van der Waals surface area contributed by atoms with Gasteiger partial charge in [0.1, 0.15) is 18.3 Å². The monoisotopic (exact) mass is 378 g/mol. The fraction of sp³-hybridized carbons (Fsp3) is 0.526. The molecule has 0 spiro atoms. The number of para-hydroxylation sites is 2. The van der Waals surface area contributed by atoms with Crippen LogP contribution in [0.2, 0.25) is 0 Å². The third-order valence-electron chi connectivity index (χ3n) is 3.95. The van der Waals surface area contributed by atoms with Crippen molar-refractivity contribution in [2.45, 2.75) is 51.9 Å². The quantitative estimate of drug-likeness (QED) is 0.746. The Balaban J connectivity index is 2.02. The Morgan fingerprint density at radius 2 is 2.00 bits per heavy atom. The van der Waals surface area contributed by atoms with E-state index < -0.39 is 29.6 Å². The van der Waals surface area contributed by atoms with Crippen molar-refractivity contribution < 1.29 is 29.0 Å². The van der Waals surface area contributed by atoms with Crippen molar-refractivity contribution in [1.82, 2.24) is 5.32 Å². The number of fused-ring (bicyclic) bond motifs is 1. The van der Waals surface area contributed by atoms with Gasteiger partial charge in [-0.05, 0) is 39.8 Å². The summed E-state index contributed by atoms with van der Waals surface area (Å²) in [5.74, 6) is -1.56. The molecule has 0 aromatic heterocycles. The molecule has 0 bridgehead atoms. The average Bonchev–Trinajstić information content (AvgIpc) is 2.56. The van der Waals surface area contributed by atoms with Crippen LogP contribution in [0, 0.1) is 0 Å². The Labute approximate surface area is 158 Å². The predicted molar refractivity (Wildman–Crippen MR) is 98.8 cm³/mol. The number of benzene rings is 1. The lowest BCUT2D eigenvalue weighted by Gasteiger charge is -2.32. The van der Waals surface area contributed by atoms with Crippen LogP contribution >= 0.6 is 0 Å². The zero-order valence-electron chi connectivity index (χ0n) is 16.0. The standard InChI is InChI=1S/C19H26N2O6/c1-12-17(23)21(14-7-5-6-8-15(14)27-12)11-16(22)20-13(18(24)25)9-10-26-19(2,3)4/h5-8,12-13H,9-11H2,1-4H3,(H,20,22)(H,24,25). The Morgan fingerprint density at radius 1 is 1.33 bits per heavy atom. The van der Waals surface area contributed by atoms with Crippen molar-refractivity contribution in [2.24, 2.45) is 0 Å². The first-order valence-corrected chi connectivity index (χ1v) is 8.81. The van der Waals surface area contributed by atoms with Crippen molar-refractivity contribution >= 4 is 23.5 Å². The molecule has 2 rings (SSSR count). The highest BCUT2D eigenvalue weighted by atomic mass is 16.5. The minimum absolute atomic E-state index is 0.127. The summed E-state index contributed by atoms with van der Waals surface area (Å²) in [5.41, 5.74) is 0.0892. The lowest BCUT2D eigenvalue weighted by Crippen LogP contribution is -2.51. The molecule has 27 heavy (non-hydrogen) atoms. The Bertz CT molecular complexity index is 712. The summed E-state index contributed by atoms with van der Waals surface area (Å²) in [5, 5.41) is 11.8. The topological polar surface area (TPSA) is 105 Å². The molecule has 8 heteroatoms. The van der Waals surface area contributed by atoms with Crippen molar-refractivity contribution in [3.8, 4) is 5.75 Å². The van der Waals surface area contributed by atoms with E-state index in [4.69, 9.17) is 9.47 Å². The van der Waals surface area contributed by atoms with Crippen molar-refractivity contribution in [3.05, 3.63) is 24.3 Å². The van der Waals surface area contributed by atoms with Gasteiger partial charge in [0.05, 0.1) is 11.3 Å². The van der Waals surface area contributed by atoms with Crippen LogP contribution in [0.15, 0.2) is 24.3 Å². The molecule has 1 aromatic carbocycles. The third kappa shape index (κ3) is 5.68. The summed E-state index contributed by atoms with van der Waals surface area (Å²) >= 11 is 0. The van der Waals surface area contributed by atoms with E-state index in [1.165, 1.54) is 4.90 Å². The maximum atomic E-state index is 12.4. The lowest BCUT2D eigenvalue weighted by molar-refractivity contribution is -0.142. The van der Waals surface area contributed by atoms with Crippen LogP contribution in [0.5, 0.6) is 5.75 Å². The van der Waals surface area contributed by atoms with Gasteiger partial charge in [-0.3, -0.25) is 14.5 Å². The number of carboxylic acids is 1. The molecular formula is C19H26N2O6. The molecule has 2 atom stereocenters. The van der Waals surface area contributed by atoms with Crippen LogP contribution in [0.3, 0.4) is 0 Å². The van der Waals surface area contributed by atoms with Gasteiger partial charge in [0.25, 0.3) is 5.91 Å². The Kier molecular flexibility index (Phi) is 6.43. The summed E-state index contributed by atoms with van der Waals surface area (Å²) < 4.78 is 11.1. The molecule has 2 amide bonds. The lowest BCUT2D eigenvalue weighted by atomic mass is 10.1. The highest BCUT2D eigenvalue weighted by Crippen LogP contribution is 2.33. The molecule has 1 aromatic rings. The number of nitrogens with one attached hydrogen (secondary N) is 1. The molecule has 0 radical (unpaired) electrons. The van der Waals surface area contributed by atoms with E-state index in [-0.39, 0.29) is 25.5 Å². The van der Waals surface area contributed by atoms with Gasteiger partial charge in [-0.25, -0.2) is 4.79 Å². The Morgan fingerprint density at radius 3 is 2.63 bits per heavy atom. The highest BCUT2D eigenvalue weighted by molar-refractivity contribution is 6.04. The molecule has 1 aliphatic heterocycles. The molecule has 0 fully saturated rings. The number of rotatable bonds is 7. The van der Waals surface area contributed by atoms with E-state index in [1.807, 2.05) is 20.8 Å². The van der Waals surface area contributed by atoms with Crippen LogP contribution in [0.1, 0.15) is 34.1 Å². The molecule has 0 aliphatic carbocycles. The molecule has 2 N–H and O–H groups in total. The summed E-state index contributed by atoms with van der Waals surface area (Å²) in [6.07, 6.45) is -0.592. The number of nitrogens with zero attached hydrogens (tertiary/aromatic N) is 1. The number of carbonyl (C=O) groups is 3. The second kappa shape index (κ2) is 8.39. The van der Waals surface area contributed by atoms with Gasteiger partial charge in [0.2, 0.25) is 5.91 Å². The van der Waals surface area contributed by atoms with E-state index in [0.29, 0.717) is 11.4 Å². The summed E-state index contributed by atoms with van der Waals surface area (Å²) in [4.78, 5) is 37.5. The van der Waals surface area contributed by atoms with Gasteiger partial charge < -0.3 is 19.9 Å². The van der Waals surface area contributed by atoms with Gasteiger partial charge in [0, 0.05) is 13.0 Å². The second-order valence-corrected chi connectivity index (χ2v) is 7.36. The molecule has 2 unspecified atom stereocenters. The highest BCUT2D eigenvalue weighted by Gasteiger charge is 2.33. The van der Waals surface area contributed by atoms with Crippen molar-refractivity contribution in [1.29, 1.82) is 0 Å². The first-order chi connectivity index (χ1) is 12.6. The number of amides is 2. The number of anilines is 1. The van der Waals surface area contributed by atoms with Crippen LogP contribution < -0.4 is 15.0 Å². The summed E-state index contributed by atoms with van der Waals surface area (Å²) in [7, 11) is 0. The molecule has 148 valence electrons. The zero-order chi connectivity index (χ0) is 20.2. The van der Waals surface area contributed by atoms with Crippen molar-refractivity contribution in [2.75, 3.05) is 18.1 Å². The van der Waals surface area contributed by atoms with E-state index in [9.17, 15) is 19.5 Å². The third-order valence-corrected chi connectivity index (χ3v) is 3.95. The van der Waals surface area contributed by atoms with Crippen LogP contribution in [0.4, 0.5) is 5.69 Å². The first kappa shape index (κ1) is 20.7. The average molecular weight is 378 g/mol. The molecule has 1 heterocycles. The summed E-state index contributed by atoms with van der Waals surface area (Å²) in [6, 6.07) is 5.81. The van der Waals surface area contributed by atoms with E-state index >= 15 is 0 Å². The first-order valence-electron chi connectivity index (χ1n) is 8.81. The van der Waals surface area contributed by atoms with Crippen molar-refractivity contribution in [3.63, 3.8) is 0 Å². The van der Waals surface area contributed by atoms with Gasteiger partial charge in [0.15, 0.2) is 6.10 Å². The van der Waals surface area contributed by atoms with Crippen LogP contribution in [-0.2, 0) is 19.1 Å². The smallest absolute Gasteiger partial charge is 0.326 e. The zero-order valence-corrected chi connectivity index (χ0v) is 16.0. The molecule has 0 saturated carbocycles. The Hall–Kier alpha value is -2.61. The number of hydrogen-bond donors (Lipinski definition) is 2. The van der Waals surface area contributed by atoms with Crippen LogP contribution in [-0.4, -0.2) is 53.8 Å². The van der Waals surface area contributed by atoms with Crippen LogP contribution in [0.25, 0.3) is 0 Å². The van der Waals surface area contributed by atoms with Gasteiger partial charge in [-0.2, -0.15) is 0 Å². The number of aliphatic carboxylic acids is 1. The number of carboxylic acid groups (broad SMARTS) is 1. The van der Waals surface area contributed by atoms with Gasteiger partial charge >= 0.3 is 5.97 Å². The van der Waals surface area contributed by atoms with E-state index in [2.05, 4.69) is 5.32 Å². The molecule has 8 nitrogen and oxygen atoms in total. The maximum Gasteiger partial charge on any atom is 0.326 e. The molecular weight excluding hydrogens is 352 g/mol. The normalized spacial score (nSPS) is 17.7. The largest absolute Gasteiger partial charge is 0.480 e. The molecule has 1 aliphatic rings. The van der Waals surface area contributed by atoms with E-state index in [1.54, 1.807) is 31.2 Å². The minimum Gasteiger partial charge on any atom is -0.480 e. The number of ether oxygens (including phenoxy) is 2. The minimum atomic E-state index is -1.15. The maximum absolute atomic E-state index is 12.4. The fourth-order valence-electron chi connectivity index (χ4n) is 2.65. The SMILES string of the molecule is CC1Oc2ccccc2N(CC(=O)NC(CCOC(C)(C)C)C(=O)O)C1=O. The molecule has 0 saturated heterocycles. The summed E-state index contributed by atoms with van der Waals surface area (Å²) in [6.45, 7) is 7.11. The predicted octanol–water partition coefficient (Wildman–Crippen LogP) is 1.58. The second-order valence-electron chi connectivity index (χ2n) is 7.36.